The van der Waals surface area contributed by atoms with Gasteiger partial charge in [0.05, 0.1) is 16.9 Å². The summed E-state index contributed by atoms with van der Waals surface area (Å²) in [5, 5.41) is 7.51. The van der Waals surface area contributed by atoms with Crippen molar-refractivity contribution in [2.75, 3.05) is 30.0 Å². The van der Waals surface area contributed by atoms with Gasteiger partial charge < -0.3 is 15.1 Å². The van der Waals surface area contributed by atoms with E-state index >= 15 is 0 Å². The molecule has 3 aliphatic heterocycles. The standard InChI is InChI=1S/C23H24FN3O2/c1-2-27(26-10-4-3-5-11-26)17-7-9-18-15(12-17)14-29-22(18)21-19-8-6-16(24)13-20(19)25-23(21)28/h6-9,12-13H,2-5,10-11,14H2,1H3,(H,25,28). The minimum Gasteiger partial charge on any atom is -0.487 e. The van der Waals surface area contributed by atoms with Crippen LogP contribution in [-0.2, 0) is 16.1 Å². The molecule has 0 radical (unpaired) electrons. The van der Waals surface area contributed by atoms with Gasteiger partial charge in [-0.25, -0.2) is 9.40 Å². The molecule has 6 heteroatoms. The minimum atomic E-state index is -0.370. The maximum Gasteiger partial charge on any atom is 0.260 e. The molecule has 3 heterocycles. The zero-order valence-electron chi connectivity index (χ0n) is 16.5. The summed E-state index contributed by atoms with van der Waals surface area (Å²) in [4.78, 5) is 12.6. The van der Waals surface area contributed by atoms with E-state index in [0.717, 1.165) is 36.4 Å². The van der Waals surface area contributed by atoms with Gasteiger partial charge in [-0.1, -0.05) is 6.42 Å². The Bertz CT molecular complexity index is 1010. The van der Waals surface area contributed by atoms with E-state index < -0.39 is 0 Å². The van der Waals surface area contributed by atoms with E-state index in [0.29, 0.717) is 29.2 Å². The summed E-state index contributed by atoms with van der Waals surface area (Å²) in [5.74, 6) is -0.0403. The van der Waals surface area contributed by atoms with Gasteiger partial charge in [-0.3, -0.25) is 4.79 Å². The number of carbonyl (C=O) groups excluding carboxylic acids is 1. The lowest BCUT2D eigenvalue weighted by Gasteiger charge is -2.38. The van der Waals surface area contributed by atoms with Crippen molar-refractivity contribution in [1.29, 1.82) is 0 Å². The topological polar surface area (TPSA) is 44.8 Å². The van der Waals surface area contributed by atoms with Gasteiger partial charge in [-0.05, 0) is 56.2 Å². The summed E-state index contributed by atoms with van der Waals surface area (Å²) in [5.41, 5.74) is 4.83. The molecular weight excluding hydrogens is 369 g/mol. The monoisotopic (exact) mass is 393 g/mol. The summed E-state index contributed by atoms with van der Waals surface area (Å²) in [7, 11) is 0. The number of piperidine rings is 1. The highest BCUT2D eigenvalue weighted by Crippen LogP contribution is 2.42. The van der Waals surface area contributed by atoms with Crippen LogP contribution in [0.15, 0.2) is 36.4 Å². The maximum atomic E-state index is 13.5. The minimum absolute atomic E-state index is 0.249. The van der Waals surface area contributed by atoms with Crippen molar-refractivity contribution >= 4 is 28.6 Å². The van der Waals surface area contributed by atoms with Gasteiger partial charge in [0.2, 0.25) is 0 Å². The summed E-state index contributed by atoms with van der Waals surface area (Å²) in [6.07, 6.45) is 3.77. The van der Waals surface area contributed by atoms with Crippen LogP contribution in [0.3, 0.4) is 0 Å². The normalized spacial score (nSPS) is 20.8. The largest absolute Gasteiger partial charge is 0.487 e. The number of halogens is 1. The van der Waals surface area contributed by atoms with Crippen molar-refractivity contribution in [1.82, 2.24) is 5.01 Å². The number of amides is 1. The van der Waals surface area contributed by atoms with Crippen molar-refractivity contribution in [3.8, 4) is 0 Å². The molecule has 3 aliphatic rings. The number of fused-ring (bicyclic) bond motifs is 2. The molecule has 0 atom stereocenters. The zero-order chi connectivity index (χ0) is 20.0. The summed E-state index contributed by atoms with van der Waals surface area (Å²) in [6.45, 7) is 5.69. The van der Waals surface area contributed by atoms with Crippen LogP contribution < -0.4 is 10.3 Å². The average Bonchev–Trinajstić information content (AvgIpc) is 3.28. The molecule has 0 aromatic heterocycles. The van der Waals surface area contributed by atoms with Crippen LogP contribution in [0.4, 0.5) is 15.8 Å². The Hall–Kier alpha value is -2.86. The van der Waals surface area contributed by atoms with Gasteiger partial charge in [0, 0.05) is 36.3 Å². The van der Waals surface area contributed by atoms with E-state index in [4.69, 9.17) is 4.74 Å². The molecule has 5 nitrogen and oxygen atoms in total. The molecule has 1 N–H and O–H groups in total. The van der Waals surface area contributed by atoms with E-state index in [1.807, 2.05) is 6.07 Å². The molecule has 0 saturated carbocycles. The second-order valence-corrected chi connectivity index (χ2v) is 7.71. The van der Waals surface area contributed by atoms with Crippen molar-refractivity contribution in [2.24, 2.45) is 0 Å². The van der Waals surface area contributed by atoms with Crippen LogP contribution >= 0.6 is 0 Å². The fourth-order valence-electron chi connectivity index (χ4n) is 4.55. The molecule has 0 bridgehead atoms. The lowest BCUT2D eigenvalue weighted by atomic mass is 10.00. The van der Waals surface area contributed by atoms with Crippen LogP contribution in [0.2, 0.25) is 0 Å². The third kappa shape index (κ3) is 3.08. The van der Waals surface area contributed by atoms with Crippen LogP contribution in [0.1, 0.15) is 42.9 Å². The second-order valence-electron chi connectivity index (χ2n) is 7.71. The molecule has 150 valence electrons. The number of hydrazine groups is 1. The molecule has 0 spiro atoms. The first-order valence-corrected chi connectivity index (χ1v) is 10.3. The number of nitrogens with zero attached hydrogens (tertiary/aromatic N) is 2. The van der Waals surface area contributed by atoms with Gasteiger partial charge in [0.25, 0.3) is 5.91 Å². The molecule has 1 amide bonds. The number of nitrogens with one attached hydrogen (secondary N) is 1. The van der Waals surface area contributed by atoms with E-state index in [9.17, 15) is 9.18 Å². The average molecular weight is 393 g/mol. The number of rotatable bonds is 3. The number of hydrogen-bond donors (Lipinski definition) is 1. The van der Waals surface area contributed by atoms with Crippen LogP contribution in [0, 0.1) is 5.82 Å². The SMILES string of the molecule is CCN(c1ccc2c(c1)COC2=C1C(=O)Nc2cc(F)ccc21)N1CCCCC1. The highest BCUT2D eigenvalue weighted by atomic mass is 19.1. The molecule has 29 heavy (non-hydrogen) atoms. The van der Waals surface area contributed by atoms with Crippen molar-refractivity contribution in [3.63, 3.8) is 0 Å². The lowest BCUT2D eigenvalue weighted by Crippen LogP contribution is -2.45. The van der Waals surface area contributed by atoms with Gasteiger partial charge in [0.15, 0.2) is 0 Å². The number of anilines is 2. The molecule has 2 aromatic rings. The third-order valence-electron chi connectivity index (χ3n) is 5.93. The predicted octanol–water partition coefficient (Wildman–Crippen LogP) is 4.40. The fraction of sp³-hybridized carbons (Fsp3) is 0.348. The highest BCUT2D eigenvalue weighted by Gasteiger charge is 2.33. The Kier molecular flexibility index (Phi) is 4.51. The molecule has 5 rings (SSSR count). The molecule has 1 saturated heterocycles. The molecular formula is C23H24FN3O2. The van der Waals surface area contributed by atoms with Crippen LogP contribution in [0.5, 0.6) is 0 Å². The van der Waals surface area contributed by atoms with Gasteiger partial charge in [-0.2, -0.15) is 0 Å². The molecule has 2 aromatic carbocycles. The Morgan fingerprint density at radius 3 is 2.69 bits per heavy atom. The molecule has 0 unspecified atom stereocenters. The van der Waals surface area contributed by atoms with Crippen molar-refractivity contribution < 1.29 is 13.9 Å². The van der Waals surface area contributed by atoms with Gasteiger partial charge in [-0.15, -0.1) is 0 Å². The maximum absolute atomic E-state index is 13.5. The first kappa shape index (κ1) is 18.2. The predicted molar refractivity (Wildman–Crippen MR) is 112 cm³/mol. The zero-order valence-corrected chi connectivity index (χ0v) is 16.5. The number of benzene rings is 2. The van der Waals surface area contributed by atoms with Crippen molar-refractivity contribution in [3.05, 3.63) is 58.9 Å². The Morgan fingerprint density at radius 2 is 1.90 bits per heavy atom. The highest BCUT2D eigenvalue weighted by molar-refractivity contribution is 6.36. The number of carbonyl (C=O) groups is 1. The quantitative estimate of drug-likeness (QED) is 0.785. The van der Waals surface area contributed by atoms with E-state index in [-0.39, 0.29) is 11.7 Å². The van der Waals surface area contributed by atoms with Gasteiger partial charge >= 0.3 is 0 Å². The number of ether oxygens (including phenoxy) is 1. The third-order valence-corrected chi connectivity index (χ3v) is 5.93. The second kappa shape index (κ2) is 7.19. The first-order chi connectivity index (χ1) is 14.2. The summed E-state index contributed by atoms with van der Waals surface area (Å²) >= 11 is 0. The smallest absolute Gasteiger partial charge is 0.260 e. The molecule has 1 fully saturated rings. The summed E-state index contributed by atoms with van der Waals surface area (Å²) in [6, 6.07) is 10.7. The first-order valence-electron chi connectivity index (χ1n) is 10.3. The Labute approximate surface area is 169 Å². The van der Waals surface area contributed by atoms with E-state index in [1.54, 1.807) is 6.07 Å². The fourth-order valence-corrected chi connectivity index (χ4v) is 4.55. The van der Waals surface area contributed by atoms with Crippen LogP contribution in [0.25, 0.3) is 11.3 Å². The molecule has 0 aliphatic carbocycles. The summed E-state index contributed by atoms with van der Waals surface area (Å²) < 4.78 is 19.5. The lowest BCUT2D eigenvalue weighted by molar-refractivity contribution is -0.110. The van der Waals surface area contributed by atoms with E-state index in [2.05, 4.69) is 34.4 Å². The number of hydrogen-bond acceptors (Lipinski definition) is 4. The van der Waals surface area contributed by atoms with E-state index in [1.165, 1.54) is 31.4 Å². The van der Waals surface area contributed by atoms with Crippen molar-refractivity contribution in [2.45, 2.75) is 32.8 Å². The van der Waals surface area contributed by atoms with Gasteiger partial charge in [0.1, 0.15) is 18.2 Å². The van der Waals surface area contributed by atoms with Crippen LogP contribution in [-0.4, -0.2) is 30.6 Å². The Balaban J connectivity index is 1.52. The Morgan fingerprint density at radius 1 is 1.10 bits per heavy atom.